The summed E-state index contributed by atoms with van der Waals surface area (Å²) < 4.78 is 11.3. The zero-order valence-corrected chi connectivity index (χ0v) is 14.7. The van der Waals surface area contributed by atoms with Crippen molar-refractivity contribution >= 4 is 17.4 Å². The summed E-state index contributed by atoms with van der Waals surface area (Å²) in [6, 6.07) is 10.5. The third kappa shape index (κ3) is 4.36. The molecule has 0 bridgehead atoms. The topological polar surface area (TPSA) is 56.3 Å². The van der Waals surface area contributed by atoms with E-state index in [0.29, 0.717) is 17.5 Å². The van der Waals surface area contributed by atoms with Crippen molar-refractivity contribution in [1.82, 2.24) is 9.97 Å². The van der Waals surface area contributed by atoms with Gasteiger partial charge in [0.25, 0.3) is 0 Å². The zero-order chi connectivity index (χ0) is 16.9. The number of anilines is 1. The third-order valence-corrected chi connectivity index (χ3v) is 4.36. The van der Waals surface area contributed by atoms with Crippen LogP contribution in [0.4, 0.5) is 5.82 Å². The fourth-order valence-electron chi connectivity index (χ4n) is 2.87. The van der Waals surface area contributed by atoms with Crippen molar-refractivity contribution in [3.63, 3.8) is 0 Å². The van der Waals surface area contributed by atoms with Gasteiger partial charge in [-0.2, -0.15) is 9.97 Å². The number of ether oxygens (including phenoxy) is 2. The van der Waals surface area contributed by atoms with Gasteiger partial charge in [-0.25, -0.2) is 0 Å². The lowest BCUT2D eigenvalue weighted by Gasteiger charge is -2.30. The van der Waals surface area contributed by atoms with Crippen LogP contribution >= 0.6 is 11.6 Å². The number of hydrogen-bond donors (Lipinski definition) is 1. The van der Waals surface area contributed by atoms with Crippen LogP contribution < -0.4 is 10.1 Å². The molecule has 128 valence electrons. The molecule has 1 fully saturated rings. The Kier molecular flexibility index (Phi) is 5.53. The van der Waals surface area contributed by atoms with E-state index in [-0.39, 0.29) is 18.2 Å². The van der Waals surface area contributed by atoms with Gasteiger partial charge in [0, 0.05) is 12.6 Å². The number of aromatic nitrogens is 2. The van der Waals surface area contributed by atoms with Gasteiger partial charge in [0.1, 0.15) is 11.0 Å². The quantitative estimate of drug-likeness (QED) is 0.823. The molecule has 6 heteroatoms. The predicted octanol–water partition coefficient (Wildman–Crippen LogP) is 4.17. The minimum Gasteiger partial charge on any atom is -0.467 e. The van der Waals surface area contributed by atoms with Gasteiger partial charge in [0.15, 0.2) is 0 Å². The molecule has 0 amide bonds. The van der Waals surface area contributed by atoms with Crippen LogP contribution in [-0.2, 0) is 4.74 Å². The molecule has 0 aliphatic carbocycles. The first-order valence-electron chi connectivity index (χ1n) is 8.18. The predicted molar refractivity (Wildman–Crippen MR) is 94.7 cm³/mol. The largest absolute Gasteiger partial charge is 0.467 e. The van der Waals surface area contributed by atoms with Crippen molar-refractivity contribution in [2.24, 2.45) is 0 Å². The van der Waals surface area contributed by atoms with Crippen molar-refractivity contribution in [2.75, 3.05) is 19.0 Å². The Hall–Kier alpha value is -1.85. The number of hydrogen-bond acceptors (Lipinski definition) is 5. The summed E-state index contributed by atoms with van der Waals surface area (Å²) in [5, 5.41) is 3.62. The van der Waals surface area contributed by atoms with Gasteiger partial charge in [0.2, 0.25) is 0 Å². The van der Waals surface area contributed by atoms with Gasteiger partial charge in [-0.1, -0.05) is 41.4 Å². The van der Waals surface area contributed by atoms with Crippen LogP contribution in [0.3, 0.4) is 0 Å². The highest BCUT2D eigenvalue weighted by molar-refractivity contribution is 6.29. The summed E-state index contributed by atoms with van der Waals surface area (Å²) >= 11 is 5.96. The Bertz CT molecular complexity index is 678. The molecule has 1 aliphatic rings. The van der Waals surface area contributed by atoms with E-state index in [1.165, 1.54) is 18.2 Å². The number of halogens is 1. The van der Waals surface area contributed by atoms with E-state index in [1.54, 1.807) is 6.07 Å². The minimum absolute atomic E-state index is 0.143. The van der Waals surface area contributed by atoms with Crippen LogP contribution in [-0.4, -0.2) is 29.7 Å². The van der Waals surface area contributed by atoms with Crippen LogP contribution in [0.2, 0.25) is 5.15 Å². The summed E-state index contributed by atoms with van der Waals surface area (Å²) in [5.74, 6) is 0.646. The SMILES string of the molecule is COc1nc(Cl)cc(NCC2CCCC(c3ccc(C)cc3)O2)n1. The third-order valence-electron chi connectivity index (χ3n) is 4.17. The van der Waals surface area contributed by atoms with Crippen LogP contribution in [0.5, 0.6) is 6.01 Å². The molecule has 24 heavy (non-hydrogen) atoms. The van der Waals surface area contributed by atoms with Crippen molar-refractivity contribution < 1.29 is 9.47 Å². The second-order valence-corrected chi connectivity index (χ2v) is 6.42. The zero-order valence-electron chi connectivity index (χ0n) is 14.0. The molecule has 0 radical (unpaired) electrons. The van der Waals surface area contributed by atoms with Gasteiger partial charge in [-0.05, 0) is 31.7 Å². The molecular formula is C18H22ClN3O2. The van der Waals surface area contributed by atoms with E-state index >= 15 is 0 Å². The summed E-state index contributed by atoms with van der Waals surface area (Å²) in [6.45, 7) is 2.78. The van der Waals surface area contributed by atoms with Gasteiger partial charge in [0.05, 0.1) is 19.3 Å². The summed E-state index contributed by atoms with van der Waals surface area (Å²) in [6.07, 6.45) is 3.55. The average Bonchev–Trinajstić information content (AvgIpc) is 2.60. The van der Waals surface area contributed by atoms with Gasteiger partial charge >= 0.3 is 6.01 Å². The first kappa shape index (κ1) is 17.0. The van der Waals surface area contributed by atoms with Crippen molar-refractivity contribution in [1.29, 1.82) is 0 Å². The lowest BCUT2D eigenvalue weighted by Crippen LogP contribution is -2.29. The highest BCUT2D eigenvalue weighted by Gasteiger charge is 2.23. The van der Waals surface area contributed by atoms with Crippen molar-refractivity contribution in [2.45, 2.75) is 38.4 Å². The lowest BCUT2D eigenvalue weighted by atomic mass is 9.97. The molecule has 1 aromatic carbocycles. The standard InChI is InChI=1S/C18H22ClN3O2/c1-12-6-8-13(9-7-12)15-5-3-4-14(24-15)11-20-17-10-16(19)21-18(22-17)23-2/h6-10,14-15H,3-5,11H2,1-2H3,(H,20,21,22). The van der Waals surface area contributed by atoms with Gasteiger partial charge < -0.3 is 14.8 Å². The normalized spacial score (nSPS) is 20.6. The molecule has 2 aromatic rings. The first-order chi connectivity index (χ1) is 11.6. The molecule has 2 atom stereocenters. The second-order valence-electron chi connectivity index (χ2n) is 6.03. The Morgan fingerprint density at radius 3 is 2.79 bits per heavy atom. The Morgan fingerprint density at radius 2 is 2.04 bits per heavy atom. The highest BCUT2D eigenvalue weighted by Crippen LogP contribution is 2.31. The number of methoxy groups -OCH3 is 1. The van der Waals surface area contributed by atoms with Crippen LogP contribution in [0.15, 0.2) is 30.3 Å². The van der Waals surface area contributed by atoms with E-state index in [9.17, 15) is 0 Å². The smallest absolute Gasteiger partial charge is 0.319 e. The molecule has 2 unspecified atom stereocenters. The highest BCUT2D eigenvalue weighted by atomic mass is 35.5. The molecule has 0 saturated carbocycles. The second kappa shape index (κ2) is 7.81. The Balaban J connectivity index is 1.59. The molecule has 0 spiro atoms. The molecule has 2 heterocycles. The van der Waals surface area contributed by atoms with Crippen LogP contribution in [0.1, 0.15) is 36.5 Å². The molecule has 1 N–H and O–H groups in total. The van der Waals surface area contributed by atoms with Crippen molar-refractivity contribution in [3.05, 3.63) is 46.6 Å². The van der Waals surface area contributed by atoms with Gasteiger partial charge in [-0.3, -0.25) is 0 Å². The molecule has 1 aliphatic heterocycles. The van der Waals surface area contributed by atoms with Crippen molar-refractivity contribution in [3.8, 4) is 6.01 Å². The average molecular weight is 348 g/mol. The van der Waals surface area contributed by atoms with E-state index in [2.05, 4.69) is 46.5 Å². The molecule has 3 rings (SSSR count). The molecule has 5 nitrogen and oxygen atoms in total. The lowest BCUT2D eigenvalue weighted by molar-refractivity contribution is -0.0442. The monoisotopic (exact) mass is 347 g/mol. The number of nitrogens with zero attached hydrogens (tertiary/aromatic N) is 2. The summed E-state index contributed by atoms with van der Waals surface area (Å²) in [4.78, 5) is 8.21. The first-order valence-corrected chi connectivity index (χ1v) is 8.56. The van der Waals surface area contributed by atoms with E-state index in [0.717, 1.165) is 19.3 Å². The maximum absolute atomic E-state index is 6.25. The Morgan fingerprint density at radius 1 is 1.25 bits per heavy atom. The Labute approximate surface area is 147 Å². The maximum atomic E-state index is 6.25. The number of rotatable bonds is 5. The van der Waals surface area contributed by atoms with Crippen LogP contribution in [0.25, 0.3) is 0 Å². The molecular weight excluding hydrogens is 326 g/mol. The van der Waals surface area contributed by atoms with Crippen LogP contribution in [0, 0.1) is 6.92 Å². The number of nitrogens with one attached hydrogen (secondary N) is 1. The van der Waals surface area contributed by atoms with Gasteiger partial charge in [-0.15, -0.1) is 0 Å². The summed E-state index contributed by atoms with van der Waals surface area (Å²) in [5.41, 5.74) is 2.51. The maximum Gasteiger partial charge on any atom is 0.319 e. The fraction of sp³-hybridized carbons (Fsp3) is 0.444. The van der Waals surface area contributed by atoms with E-state index in [4.69, 9.17) is 21.1 Å². The van der Waals surface area contributed by atoms with E-state index in [1.807, 2.05) is 0 Å². The molecule has 1 saturated heterocycles. The van der Waals surface area contributed by atoms with E-state index < -0.39 is 0 Å². The number of benzene rings is 1. The summed E-state index contributed by atoms with van der Waals surface area (Å²) in [7, 11) is 1.52. The minimum atomic E-state index is 0.143. The molecule has 1 aromatic heterocycles. The fourth-order valence-corrected chi connectivity index (χ4v) is 3.05. The number of aryl methyl sites for hydroxylation is 1.